The van der Waals surface area contributed by atoms with Crippen LogP contribution in [0.2, 0.25) is 0 Å². The van der Waals surface area contributed by atoms with Gasteiger partial charge in [-0.05, 0) is 25.3 Å². The van der Waals surface area contributed by atoms with Gasteiger partial charge in [-0.25, -0.2) is 4.79 Å². The Labute approximate surface area is 94.9 Å². The molecular formula is C12H17NO3. The van der Waals surface area contributed by atoms with Crippen LogP contribution in [0.25, 0.3) is 0 Å². The molecule has 1 aliphatic heterocycles. The van der Waals surface area contributed by atoms with E-state index in [0.29, 0.717) is 18.5 Å². The monoisotopic (exact) mass is 223 g/mol. The predicted molar refractivity (Wildman–Crippen MR) is 59.3 cm³/mol. The van der Waals surface area contributed by atoms with Crippen LogP contribution in [0, 0.1) is 5.92 Å². The minimum atomic E-state index is -0.986. The first kappa shape index (κ1) is 11.2. The Morgan fingerprint density at radius 2 is 2.38 bits per heavy atom. The van der Waals surface area contributed by atoms with E-state index in [9.17, 15) is 4.79 Å². The molecular weight excluding hydrogens is 206 g/mol. The van der Waals surface area contributed by atoms with Gasteiger partial charge < -0.3 is 9.52 Å². The smallest absolute Gasteiger partial charge is 0.372 e. The van der Waals surface area contributed by atoms with Crippen LogP contribution in [0.5, 0.6) is 0 Å². The van der Waals surface area contributed by atoms with Crippen LogP contribution < -0.4 is 0 Å². The molecule has 4 nitrogen and oxygen atoms in total. The molecule has 2 rings (SSSR count). The van der Waals surface area contributed by atoms with E-state index in [1.54, 1.807) is 6.07 Å². The van der Waals surface area contributed by atoms with E-state index in [2.05, 4.69) is 18.7 Å². The SMILES string of the molecule is CC1CC(C)N(Cc2ccoc2C(=O)O)C1. The number of carboxylic acids is 1. The Morgan fingerprint density at radius 3 is 2.94 bits per heavy atom. The second-order valence-corrected chi connectivity index (χ2v) is 4.70. The van der Waals surface area contributed by atoms with Crippen LogP contribution in [-0.2, 0) is 6.54 Å². The maximum absolute atomic E-state index is 10.9. The molecule has 2 heterocycles. The van der Waals surface area contributed by atoms with Crippen molar-refractivity contribution in [2.75, 3.05) is 6.54 Å². The van der Waals surface area contributed by atoms with Crippen molar-refractivity contribution in [2.24, 2.45) is 5.92 Å². The van der Waals surface area contributed by atoms with Gasteiger partial charge in [-0.1, -0.05) is 6.92 Å². The lowest BCUT2D eigenvalue weighted by molar-refractivity contribution is 0.0659. The number of carboxylic acid groups (broad SMARTS) is 1. The molecule has 88 valence electrons. The Bertz CT molecular complexity index is 385. The van der Waals surface area contributed by atoms with Crippen molar-refractivity contribution < 1.29 is 14.3 Å². The molecule has 0 saturated carbocycles. The number of hydrogen-bond donors (Lipinski definition) is 1. The Morgan fingerprint density at radius 1 is 1.62 bits per heavy atom. The quantitative estimate of drug-likeness (QED) is 0.853. The summed E-state index contributed by atoms with van der Waals surface area (Å²) in [7, 11) is 0. The highest BCUT2D eigenvalue weighted by Gasteiger charge is 2.27. The minimum absolute atomic E-state index is 0.0757. The van der Waals surface area contributed by atoms with Gasteiger partial charge in [0.1, 0.15) is 0 Å². The summed E-state index contributed by atoms with van der Waals surface area (Å²) in [6.45, 7) is 6.11. The molecule has 4 heteroatoms. The molecule has 0 bridgehead atoms. The summed E-state index contributed by atoms with van der Waals surface area (Å²) in [5.74, 6) is -0.221. The molecule has 1 aromatic rings. The summed E-state index contributed by atoms with van der Waals surface area (Å²) < 4.78 is 4.97. The second-order valence-electron chi connectivity index (χ2n) is 4.70. The van der Waals surface area contributed by atoms with Crippen molar-refractivity contribution in [2.45, 2.75) is 32.9 Å². The fraction of sp³-hybridized carbons (Fsp3) is 0.583. The van der Waals surface area contributed by atoms with Crippen molar-refractivity contribution in [3.8, 4) is 0 Å². The Kier molecular flexibility index (Phi) is 3.01. The van der Waals surface area contributed by atoms with Crippen LogP contribution in [-0.4, -0.2) is 28.6 Å². The molecule has 1 N–H and O–H groups in total. The molecule has 2 atom stereocenters. The molecule has 0 aromatic carbocycles. The average Bonchev–Trinajstić information content (AvgIpc) is 2.75. The van der Waals surface area contributed by atoms with Gasteiger partial charge in [0.2, 0.25) is 5.76 Å². The fourth-order valence-corrected chi connectivity index (χ4v) is 2.47. The number of nitrogens with zero attached hydrogens (tertiary/aromatic N) is 1. The number of furan rings is 1. The first-order chi connectivity index (χ1) is 7.58. The van der Waals surface area contributed by atoms with Gasteiger partial charge in [0.25, 0.3) is 0 Å². The maximum atomic E-state index is 10.9. The van der Waals surface area contributed by atoms with Crippen LogP contribution in [0.3, 0.4) is 0 Å². The number of hydrogen-bond acceptors (Lipinski definition) is 3. The molecule has 16 heavy (non-hydrogen) atoms. The van der Waals surface area contributed by atoms with Crippen molar-refractivity contribution >= 4 is 5.97 Å². The van der Waals surface area contributed by atoms with Gasteiger partial charge in [0, 0.05) is 24.7 Å². The zero-order valence-electron chi connectivity index (χ0n) is 9.64. The van der Waals surface area contributed by atoms with Crippen LogP contribution >= 0.6 is 0 Å². The summed E-state index contributed by atoms with van der Waals surface area (Å²) in [4.78, 5) is 13.2. The largest absolute Gasteiger partial charge is 0.475 e. The molecule has 0 aliphatic carbocycles. The van der Waals surface area contributed by atoms with Gasteiger partial charge in [-0.15, -0.1) is 0 Å². The number of rotatable bonds is 3. The normalized spacial score (nSPS) is 26.1. The molecule has 1 saturated heterocycles. The lowest BCUT2D eigenvalue weighted by atomic mass is 10.1. The van der Waals surface area contributed by atoms with Crippen molar-refractivity contribution in [3.63, 3.8) is 0 Å². The van der Waals surface area contributed by atoms with E-state index in [1.807, 2.05) is 0 Å². The average molecular weight is 223 g/mol. The lowest BCUT2D eigenvalue weighted by Gasteiger charge is -2.20. The van der Waals surface area contributed by atoms with Gasteiger partial charge in [-0.2, -0.15) is 0 Å². The number of aromatic carboxylic acids is 1. The predicted octanol–water partition coefficient (Wildman–Crippen LogP) is 2.21. The highest BCUT2D eigenvalue weighted by Crippen LogP contribution is 2.25. The van der Waals surface area contributed by atoms with E-state index < -0.39 is 5.97 Å². The zero-order chi connectivity index (χ0) is 11.7. The maximum Gasteiger partial charge on any atom is 0.372 e. The van der Waals surface area contributed by atoms with E-state index in [1.165, 1.54) is 12.7 Å². The Balaban J connectivity index is 2.09. The molecule has 0 amide bonds. The molecule has 0 radical (unpaired) electrons. The molecule has 1 fully saturated rings. The summed E-state index contributed by atoms with van der Waals surface area (Å²) in [5, 5.41) is 8.93. The van der Waals surface area contributed by atoms with E-state index in [0.717, 1.165) is 12.1 Å². The number of likely N-dealkylation sites (tertiary alicyclic amines) is 1. The topological polar surface area (TPSA) is 53.7 Å². The minimum Gasteiger partial charge on any atom is -0.475 e. The van der Waals surface area contributed by atoms with Crippen molar-refractivity contribution in [1.29, 1.82) is 0 Å². The summed E-state index contributed by atoms with van der Waals surface area (Å²) in [6, 6.07) is 2.27. The van der Waals surface area contributed by atoms with Gasteiger partial charge >= 0.3 is 5.97 Å². The number of carbonyl (C=O) groups is 1. The van der Waals surface area contributed by atoms with Crippen molar-refractivity contribution in [3.05, 3.63) is 23.7 Å². The lowest BCUT2D eigenvalue weighted by Crippen LogP contribution is -2.27. The first-order valence-corrected chi connectivity index (χ1v) is 5.61. The summed E-state index contributed by atoms with van der Waals surface area (Å²) in [5.41, 5.74) is 0.772. The summed E-state index contributed by atoms with van der Waals surface area (Å²) in [6.07, 6.45) is 2.63. The van der Waals surface area contributed by atoms with Crippen LogP contribution in [0.4, 0.5) is 0 Å². The third-order valence-electron chi connectivity index (χ3n) is 3.23. The van der Waals surface area contributed by atoms with E-state index in [-0.39, 0.29) is 5.76 Å². The van der Waals surface area contributed by atoms with Gasteiger partial charge in [0.15, 0.2) is 0 Å². The zero-order valence-corrected chi connectivity index (χ0v) is 9.64. The molecule has 1 aromatic heterocycles. The highest BCUT2D eigenvalue weighted by atomic mass is 16.4. The summed E-state index contributed by atoms with van der Waals surface area (Å²) >= 11 is 0. The van der Waals surface area contributed by atoms with Gasteiger partial charge in [-0.3, -0.25) is 4.90 Å². The van der Waals surface area contributed by atoms with Gasteiger partial charge in [0.05, 0.1) is 6.26 Å². The molecule has 2 unspecified atom stereocenters. The fourth-order valence-electron chi connectivity index (χ4n) is 2.47. The van der Waals surface area contributed by atoms with Crippen molar-refractivity contribution in [1.82, 2.24) is 4.90 Å². The van der Waals surface area contributed by atoms with Crippen LogP contribution in [0.15, 0.2) is 16.7 Å². The van der Waals surface area contributed by atoms with E-state index in [4.69, 9.17) is 9.52 Å². The first-order valence-electron chi connectivity index (χ1n) is 5.61. The third kappa shape index (κ3) is 2.11. The standard InChI is InChI=1S/C12H17NO3/c1-8-5-9(2)13(6-8)7-10-3-4-16-11(10)12(14)15/h3-4,8-9H,5-7H2,1-2H3,(H,14,15). The highest BCUT2D eigenvalue weighted by molar-refractivity contribution is 5.86. The van der Waals surface area contributed by atoms with Crippen LogP contribution in [0.1, 0.15) is 36.4 Å². The second kappa shape index (κ2) is 4.29. The Hall–Kier alpha value is -1.29. The molecule has 1 aliphatic rings. The third-order valence-corrected chi connectivity index (χ3v) is 3.23. The van der Waals surface area contributed by atoms with E-state index >= 15 is 0 Å². The molecule has 0 spiro atoms.